The van der Waals surface area contributed by atoms with Gasteiger partial charge < -0.3 is 20.3 Å². The Hall–Kier alpha value is -0.160. The molecule has 6 unspecified atom stereocenters. The van der Waals surface area contributed by atoms with Crippen LogP contribution in [0.1, 0.15) is 85.5 Å². The Labute approximate surface area is 189 Å². The van der Waals surface area contributed by atoms with Crippen molar-refractivity contribution in [2.24, 2.45) is 58.0 Å². The van der Waals surface area contributed by atoms with Gasteiger partial charge in [-0.2, -0.15) is 0 Å². The van der Waals surface area contributed by atoms with Gasteiger partial charge in [-0.15, -0.1) is 0 Å². The number of rotatable bonds is 0. The van der Waals surface area contributed by atoms with E-state index in [0.29, 0.717) is 47.0 Å². The molecule has 0 amide bonds. The summed E-state index contributed by atoms with van der Waals surface area (Å²) < 4.78 is 13.3. The van der Waals surface area contributed by atoms with Gasteiger partial charge in [0, 0.05) is 18.4 Å². The van der Waals surface area contributed by atoms with Gasteiger partial charge in [0.2, 0.25) is 0 Å². The molecule has 6 aliphatic rings. The Balaban J connectivity index is 1.28. The molecule has 3 N–H and O–H groups in total. The second-order valence-corrected chi connectivity index (χ2v) is 13.3. The number of nitrogens with two attached hydrogens (primary N) is 1. The molecule has 31 heavy (non-hydrogen) atoms. The van der Waals surface area contributed by atoms with Crippen molar-refractivity contribution in [3.63, 3.8) is 0 Å². The highest BCUT2D eigenvalue weighted by Gasteiger charge is 2.69. The Morgan fingerprint density at radius 3 is 2.39 bits per heavy atom. The van der Waals surface area contributed by atoms with Crippen LogP contribution in [0.4, 0.5) is 0 Å². The summed E-state index contributed by atoms with van der Waals surface area (Å²) in [4.78, 5) is 0. The lowest BCUT2D eigenvalue weighted by Crippen LogP contribution is -2.59. The zero-order chi connectivity index (χ0) is 21.8. The van der Waals surface area contributed by atoms with Crippen molar-refractivity contribution in [2.45, 2.75) is 110 Å². The van der Waals surface area contributed by atoms with E-state index in [2.05, 4.69) is 27.7 Å². The maximum atomic E-state index is 11.3. The van der Waals surface area contributed by atoms with Crippen molar-refractivity contribution in [3.05, 3.63) is 0 Å². The minimum Gasteiger partial charge on any atom is -0.393 e. The van der Waals surface area contributed by atoms with Crippen molar-refractivity contribution in [1.82, 2.24) is 0 Å². The molecule has 0 aromatic rings. The predicted molar refractivity (Wildman–Crippen MR) is 121 cm³/mol. The summed E-state index contributed by atoms with van der Waals surface area (Å²) in [7, 11) is 0. The quantitative estimate of drug-likeness (QED) is 0.582. The summed E-state index contributed by atoms with van der Waals surface area (Å²) >= 11 is 0. The molecule has 2 aliphatic heterocycles. The standard InChI is InChI=1S/C27H45NO3/c1-15-5-10-27(30-14-15)16(2)24-23(31-27)13-20-18-12-22(29)21-11-17(28)6-8-25(21,3)19(18)7-9-26(20,24)4/h15-24,29H,5-14,28H2,1-4H3/t15-,16+,17+,18?,19?,20?,21?,22+,23?,24?,25-,26+,27-/m1/s1. The van der Waals surface area contributed by atoms with Gasteiger partial charge in [0.05, 0.1) is 18.8 Å². The second kappa shape index (κ2) is 6.93. The lowest BCUT2D eigenvalue weighted by atomic mass is 9.43. The highest BCUT2D eigenvalue weighted by molar-refractivity contribution is 5.16. The van der Waals surface area contributed by atoms with Gasteiger partial charge in [0.15, 0.2) is 5.79 Å². The van der Waals surface area contributed by atoms with Gasteiger partial charge in [0.1, 0.15) is 0 Å². The van der Waals surface area contributed by atoms with Crippen LogP contribution in [-0.4, -0.2) is 35.8 Å². The lowest BCUT2D eigenvalue weighted by molar-refractivity contribution is -0.273. The van der Waals surface area contributed by atoms with E-state index in [1.54, 1.807) is 0 Å². The van der Waals surface area contributed by atoms with E-state index >= 15 is 0 Å². The molecule has 6 rings (SSSR count). The number of hydrogen-bond acceptors (Lipinski definition) is 4. The fourth-order valence-electron chi connectivity index (χ4n) is 10.3. The van der Waals surface area contributed by atoms with E-state index in [-0.39, 0.29) is 23.3 Å². The fourth-order valence-corrected chi connectivity index (χ4v) is 10.3. The Kier molecular flexibility index (Phi) is 4.78. The summed E-state index contributed by atoms with van der Waals surface area (Å²) in [6.07, 6.45) is 10.6. The molecule has 0 bridgehead atoms. The predicted octanol–water partition coefficient (Wildman–Crippen LogP) is 4.73. The molecule has 0 aromatic carbocycles. The van der Waals surface area contributed by atoms with Crippen LogP contribution in [0, 0.1) is 52.3 Å². The van der Waals surface area contributed by atoms with Crippen LogP contribution < -0.4 is 5.73 Å². The number of hydrogen-bond donors (Lipinski definition) is 2. The van der Waals surface area contributed by atoms with E-state index in [1.807, 2.05) is 0 Å². The first-order valence-corrected chi connectivity index (χ1v) is 13.4. The second-order valence-electron chi connectivity index (χ2n) is 13.3. The number of aliphatic hydroxyl groups excluding tert-OH is 1. The molecule has 0 radical (unpaired) electrons. The number of fused-ring (bicyclic) bond motifs is 7. The van der Waals surface area contributed by atoms with E-state index in [9.17, 15) is 5.11 Å². The maximum absolute atomic E-state index is 11.3. The first-order chi connectivity index (χ1) is 14.7. The van der Waals surface area contributed by atoms with Crippen LogP contribution in [0.15, 0.2) is 0 Å². The van der Waals surface area contributed by atoms with Gasteiger partial charge in [0.25, 0.3) is 0 Å². The SMILES string of the molecule is C[C@@H]1CC[C@@]2(OC1)OC1CC3C4C[C@H](O)C5C[C@@H](N)CC[C@]5(C)C4CC[C@]3(C)C1[C@@H]2C. The molecular weight excluding hydrogens is 386 g/mol. The van der Waals surface area contributed by atoms with Crippen molar-refractivity contribution in [3.8, 4) is 0 Å². The van der Waals surface area contributed by atoms with Crippen LogP contribution in [0.5, 0.6) is 0 Å². The first kappa shape index (κ1) is 21.4. The molecular formula is C27H45NO3. The number of aliphatic hydroxyl groups is 1. The number of ether oxygens (including phenoxy) is 2. The summed E-state index contributed by atoms with van der Waals surface area (Å²) in [5.41, 5.74) is 6.95. The zero-order valence-corrected chi connectivity index (χ0v) is 20.2. The van der Waals surface area contributed by atoms with Crippen LogP contribution >= 0.6 is 0 Å². The van der Waals surface area contributed by atoms with E-state index in [1.165, 1.54) is 32.1 Å². The van der Waals surface area contributed by atoms with Gasteiger partial charge in [-0.1, -0.05) is 27.7 Å². The minimum absolute atomic E-state index is 0.173. The minimum atomic E-state index is -0.324. The summed E-state index contributed by atoms with van der Waals surface area (Å²) in [5.74, 6) is 3.90. The molecule has 4 heteroatoms. The Morgan fingerprint density at radius 2 is 1.65 bits per heavy atom. The third kappa shape index (κ3) is 2.80. The van der Waals surface area contributed by atoms with Crippen LogP contribution in [0.2, 0.25) is 0 Å². The molecule has 0 aromatic heterocycles. The third-order valence-electron chi connectivity index (χ3n) is 12.0. The molecule has 176 valence electrons. The monoisotopic (exact) mass is 431 g/mol. The molecule has 6 fully saturated rings. The van der Waals surface area contributed by atoms with Gasteiger partial charge >= 0.3 is 0 Å². The van der Waals surface area contributed by atoms with Gasteiger partial charge in [-0.25, -0.2) is 0 Å². The normalized spacial score (nSPS) is 63.3. The van der Waals surface area contributed by atoms with Crippen molar-refractivity contribution in [2.75, 3.05) is 6.61 Å². The molecule has 1 spiro atoms. The molecule has 13 atom stereocenters. The third-order valence-corrected chi connectivity index (χ3v) is 12.0. The smallest absolute Gasteiger partial charge is 0.171 e. The average Bonchev–Trinajstić information content (AvgIpc) is 3.17. The molecule has 4 nitrogen and oxygen atoms in total. The Morgan fingerprint density at radius 1 is 0.871 bits per heavy atom. The largest absolute Gasteiger partial charge is 0.393 e. The lowest BCUT2D eigenvalue weighted by Gasteiger charge is -2.62. The van der Waals surface area contributed by atoms with Crippen LogP contribution in [0.3, 0.4) is 0 Å². The average molecular weight is 432 g/mol. The molecule has 2 saturated heterocycles. The van der Waals surface area contributed by atoms with Crippen molar-refractivity contribution >= 4 is 0 Å². The van der Waals surface area contributed by atoms with Crippen LogP contribution in [0.25, 0.3) is 0 Å². The molecule has 4 saturated carbocycles. The van der Waals surface area contributed by atoms with Gasteiger partial charge in [-0.05, 0) is 97.7 Å². The molecule has 4 aliphatic carbocycles. The summed E-state index contributed by atoms with van der Waals surface area (Å²) in [5, 5.41) is 11.3. The highest BCUT2D eigenvalue weighted by Crippen LogP contribution is 2.71. The van der Waals surface area contributed by atoms with Crippen molar-refractivity contribution < 1.29 is 14.6 Å². The first-order valence-electron chi connectivity index (χ1n) is 13.4. The maximum Gasteiger partial charge on any atom is 0.171 e. The van der Waals surface area contributed by atoms with Gasteiger partial charge in [-0.3, -0.25) is 0 Å². The van der Waals surface area contributed by atoms with Crippen LogP contribution in [-0.2, 0) is 9.47 Å². The fraction of sp³-hybridized carbons (Fsp3) is 1.00. The van der Waals surface area contributed by atoms with E-state index < -0.39 is 0 Å². The van der Waals surface area contributed by atoms with E-state index in [4.69, 9.17) is 15.2 Å². The van der Waals surface area contributed by atoms with Crippen molar-refractivity contribution in [1.29, 1.82) is 0 Å². The Bertz CT molecular complexity index is 719. The molecule has 2 heterocycles. The highest BCUT2D eigenvalue weighted by atomic mass is 16.7. The zero-order valence-electron chi connectivity index (χ0n) is 20.2. The van der Waals surface area contributed by atoms with E-state index in [0.717, 1.165) is 38.2 Å². The summed E-state index contributed by atoms with van der Waals surface area (Å²) in [6, 6.07) is 0.285. The topological polar surface area (TPSA) is 64.7 Å². The summed E-state index contributed by atoms with van der Waals surface area (Å²) in [6.45, 7) is 10.7.